The maximum Gasteiger partial charge on any atom is 0.317 e. The molecule has 2 atom stereocenters. The number of nitrogens with zero attached hydrogens (tertiary/aromatic N) is 1. The van der Waals surface area contributed by atoms with Crippen LogP contribution in [0.2, 0.25) is 0 Å². The van der Waals surface area contributed by atoms with E-state index in [4.69, 9.17) is 9.84 Å². The van der Waals surface area contributed by atoms with Gasteiger partial charge in [0, 0.05) is 13.1 Å². The summed E-state index contributed by atoms with van der Waals surface area (Å²) in [4.78, 5) is 24.2. The molecule has 1 aliphatic heterocycles. The molecule has 2 rings (SSSR count). The van der Waals surface area contributed by atoms with Crippen molar-refractivity contribution >= 4 is 12.0 Å². The van der Waals surface area contributed by atoms with Crippen molar-refractivity contribution in [2.75, 3.05) is 19.7 Å². The summed E-state index contributed by atoms with van der Waals surface area (Å²) in [5.41, 5.74) is 0. The molecule has 6 heteroatoms. The molecule has 1 heterocycles. The van der Waals surface area contributed by atoms with E-state index in [-0.39, 0.29) is 31.1 Å². The van der Waals surface area contributed by atoms with Gasteiger partial charge in [-0.15, -0.1) is 0 Å². The number of carbonyl (C=O) groups excluding carboxylic acids is 1. The topological polar surface area (TPSA) is 78.9 Å². The van der Waals surface area contributed by atoms with Crippen molar-refractivity contribution in [3.8, 4) is 0 Å². The highest BCUT2D eigenvalue weighted by molar-refractivity contribution is 5.75. The number of aliphatic carboxylic acids is 1. The zero-order valence-corrected chi connectivity index (χ0v) is 10.4. The zero-order valence-electron chi connectivity index (χ0n) is 10.4. The van der Waals surface area contributed by atoms with E-state index < -0.39 is 5.97 Å². The van der Waals surface area contributed by atoms with Crippen LogP contribution in [0.25, 0.3) is 0 Å². The first-order valence-corrected chi connectivity index (χ1v) is 6.56. The van der Waals surface area contributed by atoms with E-state index in [1.54, 1.807) is 0 Å². The predicted octanol–water partition coefficient (Wildman–Crippen LogP) is 0.814. The number of carboxylic acids is 1. The molecule has 1 saturated carbocycles. The minimum Gasteiger partial charge on any atom is -0.481 e. The summed E-state index contributed by atoms with van der Waals surface area (Å²) in [6.07, 6.45) is 4.42. The first-order chi connectivity index (χ1) is 8.68. The van der Waals surface area contributed by atoms with Crippen molar-refractivity contribution in [1.29, 1.82) is 0 Å². The second-order valence-corrected chi connectivity index (χ2v) is 4.83. The molecule has 2 unspecified atom stereocenters. The van der Waals surface area contributed by atoms with Crippen molar-refractivity contribution < 1.29 is 19.4 Å². The van der Waals surface area contributed by atoms with Gasteiger partial charge in [0.25, 0.3) is 0 Å². The van der Waals surface area contributed by atoms with Crippen LogP contribution in [0.15, 0.2) is 0 Å². The number of fused-ring (bicyclic) bond motifs is 1. The van der Waals surface area contributed by atoms with Crippen LogP contribution in [0.1, 0.15) is 32.1 Å². The third-order valence-corrected chi connectivity index (χ3v) is 3.61. The standard InChI is InChI=1S/C12H20N2O4/c15-11(16)5-6-13-12(17)14-7-8-18-10-4-2-1-3-9(10)14/h9-10H,1-8H2,(H,13,17)(H,15,16). The number of nitrogens with one attached hydrogen (secondary N) is 1. The van der Waals surface area contributed by atoms with Gasteiger partial charge in [-0.1, -0.05) is 12.8 Å². The summed E-state index contributed by atoms with van der Waals surface area (Å²) < 4.78 is 5.69. The van der Waals surface area contributed by atoms with Crippen molar-refractivity contribution in [2.24, 2.45) is 0 Å². The molecule has 0 spiro atoms. The van der Waals surface area contributed by atoms with Crippen molar-refractivity contribution in [2.45, 2.75) is 44.2 Å². The van der Waals surface area contributed by atoms with Crippen LogP contribution in [0.5, 0.6) is 0 Å². The number of urea groups is 1. The first kappa shape index (κ1) is 13.1. The Hall–Kier alpha value is -1.30. The number of amides is 2. The molecule has 102 valence electrons. The number of ether oxygens (including phenoxy) is 1. The maximum absolute atomic E-state index is 12.0. The van der Waals surface area contributed by atoms with E-state index in [0.29, 0.717) is 13.2 Å². The summed E-state index contributed by atoms with van der Waals surface area (Å²) in [6.45, 7) is 1.36. The summed E-state index contributed by atoms with van der Waals surface area (Å²) >= 11 is 0. The van der Waals surface area contributed by atoms with Crippen LogP contribution in [0.3, 0.4) is 0 Å². The van der Waals surface area contributed by atoms with Crippen LogP contribution < -0.4 is 5.32 Å². The minimum atomic E-state index is -0.896. The van der Waals surface area contributed by atoms with Crippen molar-refractivity contribution in [3.63, 3.8) is 0 Å². The van der Waals surface area contributed by atoms with Gasteiger partial charge in [-0.3, -0.25) is 4.79 Å². The van der Waals surface area contributed by atoms with E-state index in [9.17, 15) is 9.59 Å². The molecule has 0 aromatic heterocycles. The summed E-state index contributed by atoms with van der Waals surface area (Å²) in [7, 11) is 0. The Morgan fingerprint density at radius 2 is 2.11 bits per heavy atom. The van der Waals surface area contributed by atoms with Crippen molar-refractivity contribution in [3.05, 3.63) is 0 Å². The molecule has 0 aromatic carbocycles. The first-order valence-electron chi connectivity index (χ1n) is 6.56. The summed E-state index contributed by atoms with van der Waals surface area (Å²) in [5.74, 6) is -0.896. The normalized spacial score (nSPS) is 27.4. The number of rotatable bonds is 3. The molecule has 1 saturated heterocycles. The zero-order chi connectivity index (χ0) is 13.0. The van der Waals surface area contributed by atoms with Crippen LogP contribution in [-0.4, -0.2) is 53.8 Å². The fourth-order valence-corrected chi connectivity index (χ4v) is 2.73. The third-order valence-electron chi connectivity index (χ3n) is 3.61. The predicted molar refractivity (Wildman–Crippen MR) is 64.4 cm³/mol. The van der Waals surface area contributed by atoms with E-state index >= 15 is 0 Å². The van der Waals surface area contributed by atoms with E-state index in [0.717, 1.165) is 25.7 Å². The smallest absolute Gasteiger partial charge is 0.317 e. The average molecular weight is 256 g/mol. The Labute approximate surface area is 106 Å². The molecule has 1 aliphatic carbocycles. The van der Waals surface area contributed by atoms with Gasteiger partial charge in [-0.05, 0) is 12.8 Å². The van der Waals surface area contributed by atoms with Crippen LogP contribution in [-0.2, 0) is 9.53 Å². The van der Waals surface area contributed by atoms with Gasteiger partial charge in [0.1, 0.15) is 0 Å². The Kier molecular flexibility index (Phi) is 4.41. The Balaban J connectivity index is 1.85. The maximum atomic E-state index is 12.0. The summed E-state index contributed by atoms with van der Waals surface area (Å²) in [6, 6.07) is 0.00813. The highest BCUT2D eigenvalue weighted by Crippen LogP contribution is 2.28. The lowest BCUT2D eigenvalue weighted by Crippen LogP contribution is -2.57. The summed E-state index contributed by atoms with van der Waals surface area (Å²) in [5, 5.41) is 11.2. The van der Waals surface area contributed by atoms with Gasteiger partial charge in [0.15, 0.2) is 0 Å². The molecule has 2 fully saturated rings. The Bertz CT molecular complexity index is 319. The molecular weight excluding hydrogens is 236 g/mol. The van der Waals surface area contributed by atoms with Gasteiger partial charge >= 0.3 is 12.0 Å². The quantitative estimate of drug-likeness (QED) is 0.783. The van der Waals surface area contributed by atoms with E-state index in [1.165, 1.54) is 0 Å². The lowest BCUT2D eigenvalue weighted by molar-refractivity contribution is -0.136. The molecule has 0 radical (unpaired) electrons. The molecule has 2 amide bonds. The van der Waals surface area contributed by atoms with Gasteiger partial charge in [0.05, 0.1) is 25.2 Å². The van der Waals surface area contributed by atoms with Crippen molar-refractivity contribution in [1.82, 2.24) is 10.2 Å². The third kappa shape index (κ3) is 3.13. The SMILES string of the molecule is O=C(O)CCNC(=O)N1CCOC2CCCCC21. The van der Waals surface area contributed by atoms with Gasteiger partial charge in [0.2, 0.25) is 0 Å². The highest BCUT2D eigenvalue weighted by atomic mass is 16.5. The van der Waals surface area contributed by atoms with E-state index in [2.05, 4.69) is 5.32 Å². The van der Waals surface area contributed by atoms with Gasteiger partial charge < -0.3 is 20.1 Å². The number of morpholine rings is 1. The van der Waals surface area contributed by atoms with Crippen LogP contribution in [0.4, 0.5) is 4.79 Å². The number of carboxylic acid groups (broad SMARTS) is 1. The molecule has 6 nitrogen and oxygen atoms in total. The fourth-order valence-electron chi connectivity index (χ4n) is 2.73. The molecule has 0 aromatic rings. The highest BCUT2D eigenvalue weighted by Gasteiger charge is 2.36. The molecular formula is C12H20N2O4. The molecule has 0 bridgehead atoms. The number of hydrogen-bond acceptors (Lipinski definition) is 3. The lowest BCUT2D eigenvalue weighted by atomic mass is 9.90. The monoisotopic (exact) mass is 256 g/mol. The van der Waals surface area contributed by atoms with Gasteiger partial charge in [-0.2, -0.15) is 0 Å². The minimum absolute atomic E-state index is 0.0375. The van der Waals surface area contributed by atoms with Crippen LogP contribution in [0, 0.1) is 0 Å². The largest absolute Gasteiger partial charge is 0.481 e. The van der Waals surface area contributed by atoms with Gasteiger partial charge in [-0.25, -0.2) is 4.79 Å². The molecule has 18 heavy (non-hydrogen) atoms. The number of carbonyl (C=O) groups is 2. The average Bonchev–Trinajstić information content (AvgIpc) is 2.37. The molecule has 2 N–H and O–H groups in total. The second kappa shape index (κ2) is 6.04. The van der Waals surface area contributed by atoms with Crippen LogP contribution >= 0.6 is 0 Å². The Morgan fingerprint density at radius 3 is 2.89 bits per heavy atom. The van der Waals surface area contributed by atoms with E-state index in [1.807, 2.05) is 4.90 Å². The fraction of sp³-hybridized carbons (Fsp3) is 0.833. The second-order valence-electron chi connectivity index (χ2n) is 4.83. The number of hydrogen-bond donors (Lipinski definition) is 2. The lowest BCUT2D eigenvalue weighted by Gasteiger charge is -2.43. The Morgan fingerprint density at radius 1 is 1.33 bits per heavy atom. The molecule has 2 aliphatic rings.